The smallest absolute Gasteiger partial charge is 0.187 e. The van der Waals surface area contributed by atoms with Crippen molar-refractivity contribution in [2.75, 3.05) is 26.4 Å². The van der Waals surface area contributed by atoms with Crippen molar-refractivity contribution in [3.63, 3.8) is 0 Å². The van der Waals surface area contributed by atoms with Crippen LogP contribution in [-0.2, 0) is 25.4 Å². The van der Waals surface area contributed by atoms with Gasteiger partial charge in [-0.15, -0.1) is 0 Å². The fraction of sp³-hybridized carbons (Fsp3) is 0.684. The normalized spacial score (nSPS) is 38.5. The Morgan fingerprint density at radius 2 is 1.77 bits per heavy atom. The van der Waals surface area contributed by atoms with Crippen LogP contribution in [0.4, 0.5) is 0 Å². The molecule has 8 unspecified atom stereocenters. The van der Waals surface area contributed by atoms with Crippen LogP contribution in [0.15, 0.2) is 18.2 Å². The zero-order valence-corrected chi connectivity index (χ0v) is 16.5. The van der Waals surface area contributed by atoms with Crippen molar-refractivity contribution >= 4 is 0 Å². The van der Waals surface area contributed by atoms with Gasteiger partial charge in [0.25, 0.3) is 0 Å². The summed E-state index contributed by atoms with van der Waals surface area (Å²) in [6, 6.07) is 4.24. The Hall–Kier alpha value is -1.58. The summed E-state index contributed by atoms with van der Waals surface area (Å²) in [5.74, 6) is -0.554. The van der Waals surface area contributed by atoms with Crippen molar-refractivity contribution in [3.8, 4) is 11.5 Å². The van der Waals surface area contributed by atoms with Crippen molar-refractivity contribution in [2.45, 2.75) is 55.1 Å². The van der Waals surface area contributed by atoms with Crippen molar-refractivity contribution in [1.29, 1.82) is 0 Å². The van der Waals surface area contributed by atoms with E-state index < -0.39 is 68.5 Å². The quantitative estimate of drug-likeness (QED) is 0.187. The summed E-state index contributed by atoms with van der Waals surface area (Å²) in [5.41, 5.74) is -1.31. The molecule has 8 atom stereocenters. The maximum atomic E-state index is 10.6. The van der Waals surface area contributed by atoms with Gasteiger partial charge in [-0.25, -0.2) is 0 Å². The predicted molar refractivity (Wildman–Crippen MR) is 99.8 cm³/mol. The maximum Gasteiger partial charge on any atom is 0.187 e. The Kier molecular flexibility index (Phi) is 7.70. The van der Waals surface area contributed by atoms with Crippen LogP contribution < -0.4 is 0 Å². The number of ether oxygens (including phenoxy) is 4. The Morgan fingerprint density at radius 3 is 2.39 bits per heavy atom. The van der Waals surface area contributed by atoms with Crippen LogP contribution in [0.3, 0.4) is 0 Å². The van der Waals surface area contributed by atoms with Gasteiger partial charge in [-0.2, -0.15) is 0 Å². The van der Waals surface area contributed by atoms with Gasteiger partial charge in [-0.3, -0.25) is 0 Å². The minimum atomic E-state index is -1.95. The molecule has 1 aromatic carbocycles. The number of rotatable bonds is 8. The molecule has 1 aromatic rings. The molecule has 0 aliphatic carbocycles. The summed E-state index contributed by atoms with van der Waals surface area (Å²) in [6.07, 6.45) is -9.77. The second-order valence-corrected chi connectivity index (χ2v) is 7.64. The van der Waals surface area contributed by atoms with Crippen LogP contribution in [-0.4, -0.2) is 116 Å². The van der Waals surface area contributed by atoms with Crippen LogP contribution in [0.5, 0.6) is 11.5 Å². The minimum absolute atomic E-state index is 0.0136. The van der Waals surface area contributed by atoms with Gasteiger partial charge in [0, 0.05) is 0 Å². The average Bonchev–Trinajstić information content (AvgIpc) is 3.04. The van der Waals surface area contributed by atoms with Crippen molar-refractivity contribution in [1.82, 2.24) is 0 Å². The molecule has 12 heteroatoms. The van der Waals surface area contributed by atoms with E-state index in [1.54, 1.807) is 6.07 Å². The lowest BCUT2D eigenvalue weighted by Crippen LogP contribution is -2.61. The zero-order chi connectivity index (χ0) is 22.8. The monoisotopic (exact) mass is 448 g/mol. The fourth-order valence-corrected chi connectivity index (χ4v) is 3.43. The lowest BCUT2D eigenvalue weighted by atomic mass is 9.98. The molecule has 0 spiro atoms. The number of phenolic OH excluding ortho intramolecular Hbond substituents is 2. The number of phenols is 2. The van der Waals surface area contributed by atoms with Crippen LogP contribution in [0.25, 0.3) is 0 Å². The third-order valence-corrected chi connectivity index (χ3v) is 5.41. The summed E-state index contributed by atoms with van der Waals surface area (Å²) in [5, 5.41) is 78.8. The predicted octanol–water partition coefficient (Wildman–Crippen LogP) is -3.08. The van der Waals surface area contributed by atoms with Crippen molar-refractivity contribution < 1.29 is 59.8 Å². The van der Waals surface area contributed by atoms with Crippen LogP contribution >= 0.6 is 0 Å². The number of hydrogen-bond donors (Lipinski definition) is 8. The Labute approximate surface area is 177 Å². The van der Waals surface area contributed by atoms with E-state index in [9.17, 15) is 40.9 Å². The van der Waals surface area contributed by atoms with Crippen molar-refractivity contribution in [2.24, 2.45) is 0 Å². The Morgan fingerprint density at radius 1 is 1.03 bits per heavy atom. The molecule has 0 amide bonds. The third kappa shape index (κ3) is 5.09. The highest BCUT2D eigenvalue weighted by atomic mass is 16.7. The largest absolute Gasteiger partial charge is 0.504 e. The molecule has 12 nitrogen and oxygen atoms in total. The molecule has 176 valence electrons. The number of hydrogen-bond acceptors (Lipinski definition) is 12. The van der Waals surface area contributed by atoms with Gasteiger partial charge in [0.15, 0.2) is 24.1 Å². The van der Waals surface area contributed by atoms with Gasteiger partial charge in [-0.05, 0) is 24.1 Å². The van der Waals surface area contributed by atoms with Gasteiger partial charge in [0.2, 0.25) is 0 Å². The number of benzene rings is 1. The molecule has 0 aromatic heterocycles. The summed E-state index contributed by atoms with van der Waals surface area (Å²) >= 11 is 0. The van der Waals surface area contributed by atoms with Crippen LogP contribution in [0.1, 0.15) is 5.56 Å². The Balaban J connectivity index is 1.63. The molecule has 2 heterocycles. The molecular formula is C19H28O12. The minimum Gasteiger partial charge on any atom is -0.504 e. The lowest BCUT2D eigenvalue weighted by Gasteiger charge is -2.42. The first-order valence-corrected chi connectivity index (χ1v) is 9.73. The van der Waals surface area contributed by atoms with Gasteiger partial charge in [0.05, 0.1) is 26.4 Å². The second-order valence-electron chi connectivity index (χ2n) is 7.64. The molecule has 0 saturated carbocycles. The van der Waals surface area contributed by atoms with E-state index in [1.807, 2.05) is 0 Å². The molecule has 3 rings (SSSR count). The first kappa shape index (κ1) is 24.1. The topological polar surface area (TPSA) is 199 Å². The summed E-state index contributed by atoms with van der Waals surface area (Å²) in [7, 11) is 0. The summed E-state index contributed by atoms with van der Waals surface area (Å²) < 4.78 is 21.5. The number of aliphatic hydroxyl groups excluding tert-OH is 5. The van der Waals surface area contributed by atoms with Gasteiger partial charge in [0.1, 0.15) is 36.1 Å². The Bertz CT molecular complexity index is 732. The highest BCUT2D eigenvalue weighted by Gasteiger charge is 2.53. The number of aromatic hydroxyl groups is 2. The van der Waals surface area contributed by atoms with Crippen LogP contribution in [0.2, 0.25) is 0 Å². The van der Waals surface area contributed by atoms with Crippen molar-refractivity contribution in [3.05, 3.63) is 23.8 Å². The van der Waals surface area contributed by atoms with E-state index in [1.165, 1.54) is 12.1 Å². The van der Waals surface area contributed by atoms with Gasteiger partial charge in [-0.1, -0.05) is 6.07 Å². The molecule has 0 bridgehead atoms. The first-order chi connectivity index (χ1) is 14.7. The molecule has 31 heavy (non-hydrogen) atoms. The molecular weight excluding hydrogens is 420 g/mol. The van der Waals surface area contributed by atoms with E-state index in [0.717, 1.165) is 0 Å². The maximum absolute atomic E-state index is 10.6. The zero-order valence-electron chi connectivity index (χ0n) is 16.5. The van der Waals surface area contributed by atoms with E-state index in [-0.39, 0.29) is 24.5 Å². The summed E-state index contributed by atoms with van der Waals surface area (Å²) in [4.78, 5) is 0. The molecule has 2 saturated heterocycles. The lowest BCUT2D eigenvalue weighted by molar-refractivity contribution is -0.329. The highest BCUT2D eigenvalue weighted by Crippen LogP contribution is 2.31. The van der Waals surface area contributed by atoms with E-state index in [4.69, 9.17) is 18.9 Å². The summed E-state index contributed by atoms with van der Waals surface area (Å²) in [6.45, 7) is -1.81. The van der Waals surface area contributed by atoms with Crippen LogP contribution in [0, 0.1) is 0 Å². The standard InChI is InChI=1S/C19H28O12/c20-6-12-13(24)15(31-18-16(26)19(27,7-21)8-29-18)14(25)17(30-12)28-4-3-9-1-2-10(22)11(23)5-9/h1-2,5,12-18,20-27H,3-4,6-8H2. The average molecular weight is 448 g/mol. The SMILES string of the molecule is OCC1OC(OCCc2ccc(O)c(O)c2)C(O)C(OC2OCC(O)(CO)C2O)C1O. The van der Waals surface area contributed by atoms with E-state index in [0.29, 0.717) is 5.56 Å². The van der Waals surface area contributed by atoms with Gasteiger partial charge >= 0.3 is 0 Å². The van der Waals surface area contributed by atoms with E-state index >= 15 is 0 Å². The first-order valence-electron chi connectivity index (χ1n) is 9.73. The molecule has 2 fully saturated rings. The fourth-order valence-electron chi connectivity index (χ4n) is 3.43. The third-order valence-electron chi connectivity index (χ3n) is 5.41. The second kappa shape index (κ2) is 9.92. The molecule has 8 N–H and O–H groups in total. The molecule has 0 radical (unpaired) electrons. The number of aliphatic hydroxyl groups is 6. The van der Waals surface area contributed by atoms with Gasteiger partial charge < -0.3 is 59.8 Å². The molecule has 2 aliphatic heterocycles. The molecule has 2 aliphatic rings. The van der Waals surface area contributed by atoms with E-state index in [2.05, 4.69) is 0 Å². The highest BCUT2D eigenvalue weighted by molar-refractivity contribution is 5.40.